The van der Waals surface area contributed by atoms with Gasteiger partial charge in [-0.15, -0.1) is 0 Å². The van der Waals surface area contributed by atoms with Crippen LogP contribution in [0.5, 0.6) is 5.75 Å². The molecule has 0 bridgehead atoms. The van der Waals surface area contributed by atoms with E-state index in [2.05, 4.69) is 4.74 Å². The van der Waals surface area contributed by atoms with E-state index in [0.29, 0.717) is 0 Å². The maximum atomic E-state index is 13.4. The average Bonchev–Trinajstić information content (AvgIpc) is 2.21. The third-order valence-corrected chi connectivity index (χ3v) is 2.11. The molecule has 0 fully saturated rings. The number of nitrogens with two attached hydrogens (primary N) is 1. The van der Waals surface area contributed by atoms with Crippen molar-refractivity contribution in [2.24, 2.45) is 5.73 Å². The Bertz CT molecular complexity index is 344. The summed E-state index contributed by atoms with van der Waals surface area (Å²) in [5.74, 6) is -1.45. The third-order valence-electron chi connectivity index (χ3n) is 2.11. The molecule has 1 atom stereocenters. The van der Waals surface area contributed by atoms with Gasteiger partial charge in [-0.25, -0.2) is 8.78 Å². The fraction of sp³-hybridized carbons (Fsp3) is 0.400. The predicted octanol–water partition coefficient (Wildman–Crippen LogP) is 1.36. The van der Waals surface area contributed by atoms with E-state index in [-0.39, 0.29) is 24.3 Å². The predicted molar refractivity (Wildman–Crippen MR) is 51.5 cm³/mol. The molecule has 0 heterocycles. The molecule has 1 aromatic carbocycles. The highest BCUT2D eigenvalue weighted by atomic mass is 19.1. The minimum absolute atomic E-state index is 0.0438. The molecular weight excluding hydrogens is 204 g/mol. The van der Waals surface area contributed by atoms with Gasteiger partial charge in [0.05, 0.1) is 7.11 Å². The largest absolute Gasteiger partial charge is 0.494 e. The van der Waals surface area contributed by atoms with E-state index in [1.807, 2.05) is 0 Å². The molecule has 0 aromatic heterocycles. The standard InChI is InChI=1S/C10H13F2NO2/c1-15-10-5-7(11)6(4-8(10)12)9(13)2-3-14/h4-5,9,14H,2-3,13H2,1H3. The topological polar surface area (TPSA) is 55.5 Å². The second-order valence-electron chi connectivity index (χ2n) is 3.13. The van der Waals surface area contributed by atoms with Gasteiger partial charge in [0, 0.05) is 24.3 Å². The third kappa shape index (κ3) is 2.64. The van der Waals surface area contributed by atoms with Crippen molar-refractivity contribution < 1.29 is 18.6 Å². The van der Waals surface area contributed by atoms with E-state index >= 15 is 0 Å². The van der Waals surface area contributed by atoms with Gasteiger partial charge in [0.25, 0.3) is 0 Å². The van der Waals surface area contributed by atoms with Crippen LogP contribution in [-0.2, 0) is 0 Å². The summed E-state index contributed by atoms with van der Waals surface area (Å²) in [7, 11) is 1.26. The highest BCUT2D eigenvalue weighted by Crippen LogP contribution is 2.25. The van der Waals surface area contributed by atoms with Gasteiger partial charge in [0.1, 0.15) is 5.82 Å². The molecule has 5 heteroatoms. The van der Waals surface area contributed by atoms with Gasteiger partial charge in [-0.1, -0.05) is 0 Å². The summed E-state index contributed by atoms with van der Waals surface area (Å²) in [5.41, 5.74) is 5.60. The second kappa shape index (κ2) is 5.04. The number of halogens is 2. The van der Waals surface area contributed by atoms with Crippen molar-refractivity contribution in [2.75, 3.05) is 13.7 Å². The molecule has 0 aliphatic rings. The van der Waals surface area contributed by atoms with Crippen molar-refractivity contribution >= 4 is 0 Å². The molecule has 1 aromatic rings. The molecule has 0 aliphatic heterocycles. The Kier molecular flexibility index (Phi) is 3.99. The number of ether oxygens (including phenoxy) is 1. The van der Waals surface area contributed by atoms with Gasteiger partial charge in [-0.3, -0.25) is 0 Å². The van der Waals surface area contributed by atoms with Gasteiger partial charge in [0.15, 0.2) is 11.6 Å². The molecule has 0 amide bonds. The van der Waals surface area contributed by atoms with E-state index in [9.17, 15) is 8.78 Å². The minimum Gasteiger partial charge on any atom is -0.494 e. The Morgan fingerprint density at radius 3 is 2.60 bits per heavy atom. The Morgan fingerprint density at radius 2 is 2.07 bits per heavy atom. The Morgan fingerprint density at radius 1 is 1.40 bits per heavy atom. The van der Waals surface area contributed by atoms with Gasteiger partial charge in [-0.05, 0) is 12.5 Å². The van der Waals surface area contributed by atoms with Crippen molar-refractivity contribution in [3.63, 3.8) is 0 Å². The maximum absolute atomic E-state index is 13.4. The van der Waals surface area contributed by atoms with Gasteiger partial charge >= 0.3 is 0 Å². The summed E-state index contributed by atoms with van der Waals surface area (Å²) < 4.78 is 31.2. The number of hydrogen-bond acceptors (Lipinski definition) is 3. The van der Waals surface area contributed by atoms with Crippen molar-refractivity contribution in [1.82, 2.24) is 0 Å². The summed E-state index contributed by atoms with van der Waals surface area (Å²) >= 11 is 0. The lowest BCUT2D eigenvalue weighted by atomic mass is 10.0. The highest BCUT2D eigenvalue weighted by Gasteiger charge is 2.15. The quantitative estimate of drug-likeness (QED) is 0.800. The Hall–Kier alpha value is -1.20. The summed E-state index contributed by atoms with van der Waals surface area (Å²) in [4.78, 5) is 0. The molecule has 0 saturated carbocycles. The molecule has 84 valence electrons. The Labute approximate surface area is 86.5 Å². The molecule has 3 N–H and O–H groups in total. The zero-order chi connectivity index (χ0) is 11.4. The number of rotatable bonds is 4. The Balaban J connectivity index is 3.04. The first-order valence-corrected chi connectivity index (χ1v) is 4.49. The fourth-order valence-corrected chi connectivity index (χ4v) is 1.28. The highest BCUT2D eigenvalue weighted by molar-refractivity contribution is 5.32. The van der Waals surface area contributed by atoms with Crippen molar-refractivity contribution in [2.45, 2.75) is 12.5 Å². The fourth-order valence-electron chi connectivity index (χ4n) is 1.28. The molecule has 0 saturated heterocycles. The number of methoxy groups -OCH3 is 1. The first-order chi connectivity index (χ1) is 7.10. The first kappa shape index (κ1) is 11.9. The molecule has 1 unspecified atom stereocenters. The lowest BCUT2D eigenvalue weighted by Crippen LogP contribution is -2.14. The van der Waals surface area contributed by atoms with Crippen LogP contribution in [0.1, 0.15) is 18.0 Å². The summed E-state index contributed by atoms with van der Waals surface area (Å²) in [5, 5.41) is 8.64. The second-order valence-corrected chi connectivity index (χ2v) is 3.13. The zero-order valence-corrected chi connectivity index (χ0v) is 8.34. The van der Waals surface area contributed by atoms with Crippen LogP contribution in [0, 0.1) is 11.6 Å². The van der Waals surface area contributed by atoms with Gasteiger partial charge in [0.2, 0.25) is 0 Å². The van der Waals surface area contributed by atoms with Crippen molar-refractivity contribution in [3.8, 4) is 5.75 Å². The number of hydrogen-bond donors (Lipinski definition) is 2. The molecule has 3 nitrogen and oxygen atoms in total. The average molecular weight is 217 g/mol. The van der Waals surface area contributed by atoms with E-state index in [1.54, 1.807) is 0 Å². The van der Waals surface area contributed by atoms with Crippen LogP contribution in [0.4, 0.5) is 8.78 Å². The van der Waals surface area contributed by atoms with E-state index < -0.39 is 17.7 Å². The van der Waals surface area contributed by atoms with Crippen molar-refractivity contribution in [1.29, 1.82) is 0 Å². The van der Waals surface area contributed by atoms with Crippen LogP contribution in [0.3, 0.4) is 0 Å². The molecular formula is C10H13F2NO2. The summed E-state index contributed by atoms with van der Waals surface area (Å²) in [6, 6.07) is 1.23. The van der Waals surface area contributed by atoms with Crippen LogP contribution in [0.15, 0.2) is 12.1 Å². The molecule has 0 radical (unpaired) electrons. The molecule has 15 heavy (non-hydrogen) atoms. The molecule has 0 spiro atoms. The first-order valence-electron chi connectivity index (χ1n) is 4.49. The lowest BCUT2D eigenvalue weighted by Gasteiger charge is -2.12. The SMILES string of the molecule is COc1cc(F)c(C(N)CCO)cc1F. The molecule has 0 aliphatic carbocycles. The van der Waals surface area contributed by atoms with Crippen LogP contribution < -0.4 is 10.5 Å². The smallest absolute Gasteiger partial charge is 0.165 e. The van der Waals surface area contributed by atoms with Gasteiger partial charge in [-0.2, -0.15) is 0 Å². The number of benzene rings is 1. The monoisotopic (exact) mass is 217 g/mol. The summed E-state index contributed by atoms with van der Waals surface area (Å²) in [6.45, 7) is -0.172. The maximum Gasteiger partial charge on any atom is 0.165 e. The van der Waals surface area contributed by atoms with Crippen molar-refractivity contribution in [3.05, 3.63) is 29.3 Å². The van der Waals surface area contributed by atoms with E-state index in [0.717, 1.165) is 12.1 Å². The van der Waals surface area contributed by atoms with E-state index in [4.69, 9.17) is 10.8 Å². The normalized spacial score (nSPS) is 12.6. The van der Waals surface area contributed by atoms with Crippen LogP contribution >= 0.6 is 0 Å². The molecule has 1 rings (SSSR count). The van der Waals surface area contributed by atoms with Crippen LogP contribution in [-0.4, -0.2) is 18.8 Å². The zero-order valence-electron chi connectivity index (χ0n) is 8.34. The van der Waals surface area contributed by atoms with Gasteiger partial charge < -0.3 is 15.6 Å². The lowest BCUT2D eigenvalue weighted by molar-refractivity contribution is 0.275. The van der Waals surface area contributed by atoms with Crippen LogP contribution in [0.2, 0.25) is 0 Å². The number of aliphatic hydroxyl groups excluding tert-OH is 1. The minimum atomic E-state index is -0.713. The van der Waals surface area contributed by atoms with E-state index in [1.165, 1.54) is 7.11 Å². The van der Waals surface area contributed by atoms with Crippen LogP contribution in [0.25, 0.3) is 0 Å². The summed E-state index contributed by atoms with van der Waals surface area (Å²) in [6.07, 6.45) is 0.183. The number of aliphatic hydroxyl groups is 1.